The van der Waals surface area contributed by atoms with Gasteiger partial charge in [-0.15, -0.1) is 0 Å². The first-order chi connectivity index (χ1) is 8.31. The second kappa shape index (κ2) is 3.89. The Balaban J connectivity index is 1.98. The van der Waals surface area contributed by atoms with E-state index in [1.165, 1.54) is 19.3 Å². The summed E-state index contributed by atoms with van der Waals surface area (Å²) in [5, 5.41) is 9.18. The van der Waals surface area contributed by atoms with Gasteiger partial charge in [-0.3, -0.25) is 4.79 Å². The summed E-state index contributed by atoms with van der Waals surface area (Å²) in [6, 6.07) is 8.22. The molecule has 2 unspecified atom stereocenters. The van der Waals surface area contributed by atoms with Crippen LogP contribution < -0.4 is 4.90 Å². The number of nitriles is 1. The molecule has 0 amide bonds. The van der Waals surface area contributed by atoms with Crippen LogP contribution in [0.25, 0.3) is 0 Å². The van der Waals surface area contributed by atoms with Crippen LogP contribution in [0.4, 0.5) is 5.69 Å². The topological polar surface area (TPSA) is 44.1 Å². The average molecular weight is 226 g/mol. The Morgan fingerprint density at radius 1 is 1.41 bits per heavy atom. The smallest absolute Gasteiger partial charge is 0.150 e. The van der Waals surface area contributed by atoms with Crippen molar-refractivity contribution in [2.45, 2.75) is 25.3 Å². The van der Waals surface area contributed by atoms with E-state index in [0.29, 0.717) is 17.2 Å². The molecule has 0 aromatic heterocycles. The summed E-state index contributed by atoms with van der Waals surface area (Å²) in [5.41, 5.74) is 2.21. The first kappa shape index (κ1) is 10.3. The Hall–Kier alpha value is -1.82. The normalized spacial score (nSPS) is 25.9. The van der Waals surface area contributed by atoms with E-state index >= 15 is 0 Å². The Morgan fingerprint density at radius 2 is 2.29 bits per heavy atom. The number of piperidine rings is 1. The molecule has 0 radical (unpaired) electrons. The lowest BCUT2D eigenvalue weighted by atomic mass is 10.1. The van der Waals surface area contributed by atoms with E-state index in [4.69, 9.17) is 0 Å². The lowest BCUT2D eigenvalue weighted by molar-refractivity contribution is 0.112. The highest BCUT2D eigenvalue weighted by atomic mass is 16.1. The van der Waals surface area contributed by atoms with Crippen molar-refractivity contribution in [1.82, 2.24) is 0 Å². The molecule has 3 heteroatoms. The summed E-state index contributed by atoms with van der Waals surface area (Å²) in [4.78, 5) is 13.1. The van der Waals surface area contributed by atoms with E-state index in [2.05, 4.69) is 11.0 Å². The van der Waals surface area contributed by atoms with Gasteiger partial charge in [-0.1, -0.05) is 0 Å². The third-order valence-corrected chi connectivity index (χ3v) is 4.00. The summed E-state index contributed by atoms with van der Waals surface area (Å²) in [7, 11) is 0. The van der Waals surface area contributed by atoms with Gasteiger partial charge in [-0.2, -0.15) is 5.26 Å². The predicted molar refractivity (Wildman–Crippen MR) is 65.0 cm³/mol. The van der Waals surface area contributed by atoms with E-state index in [9.17, 15) is 10.1 Å². The molecule has 0 N–H and O–H groups in total. The van der Waals surface area contributed by atoms with Gasteiger partial charge in [0.25, 0.3) is 0 Å². The number of rotatable bonds is 2. The number of hydrogen-bond donors (Lipinski definition) is 0. The summed E-state index contributed by atoms with van der Waals surface area (Å²) in [6.45, 7) is 1.07. The van der Waals surface area contributed by atoms with Crippen molar-refractivity contribution in [1.29, 1.82) is 5.26 Å². The Morgan fingerprint density at radius 3 is 2.88 bits per heavy atom. The minimum atomic E-state index is 0.578. The molecule has 2 aliphatic rings. The van der Waals surface area contributed by atoms with Crippen LogP contribution in [-0.2, 0) is 0 Å². The number of carbonyl (C=O) groups is 1. The van der Waals surface area contributed by atoms with E-state index in [0.717, 1.165) is 24.4 Å². The Kier molecular flexibility index (Phi) is 2.36. The van der Waals surface area contributed by atoms with Crippen molar-refractivity contribution in [2.24, 2.45) is 5.92 Å². The molecule has 1 aromatic carbocycles. The number of anilines is 1. The number of aldehydes is 1. The molecule has 3 nitrogen and oxygen atoms in total. The quantitative estimate of drug-likeness (QED) is 0.727. The molecule has 2 fully saturated rings. The zero-order valence-corrected chi connectivity index (χ0v) is 9.60. The third-order valence-electron chi connectivity index (χ3n) is 4.00. The van der Waals surface area contributed by atoms with Crippen molar-refractivity contribution in [3.05, 3.63) is 29.3 Å². The maximum Gasteiger partial charge on any atom is 0.150 e. The fraction of sp³-hybridized carbons (Fsp3) is 0.429. The van der Waals surface area contributed by atoms with Gasteiger partial charge in [0, 0.05) is 18.2 Å². The van der Waals surface area contributed by atoms with E-state index in [1.807, 2.05) is 6.07 Å². The lowest BCUT2D eigenvalue weighted by Crippen LogP contribution is -2.32. The molecule has 1 saturated carbocycles. The van der Waals surface area contributed by atoms with Gasteiger partial charge < -0.3 is 4.90 Å². The number of hydrogen-bond acceptors (Lipinski definition) is 3. The molecule has 2 bridgehead atoms. The average Bonchev–Trinajstić information content (AvgIpc) is 3.00. The van der Waals surface area contributed by atoms with Crippen LogP contribution in [-0.4, -0.2) is 18.9 Å². The molecule has 3 rings (SSSR count). The second-order valence-electron chi connectivity index (χ2n) is 4.99. The van der Waals surface area contributed by atoms with Gasteiger partial charge in [0.2, 0.25) is 0 Å². The molecular formula is C14H14N2O. The molecular weight excluding hydrogens is 212 g/mol. The second-order valence-corrected chi connectivity index (χ2v) is 4.99. The molecule has 1 heterocycles. The fourth-order valence-corrected chi connectivity index (χ4v) is 3.19. The Bertz CT molecular complexity index is 503. The van der Waals surface area contributed by atoms with Crippen LogP contribution in [0.5, 0.6) is 0 Å². The van der Waals surface area contributed by atoms with Gasteiger partial charge >= 0.3 is 0 Å². The molecule has 1 aliphatic carbocycles. The molecule has 17 heavy (non-hydrogen) atoms. The largest absolute Gasteiger partial charge is 0.367 e. The molecule has 0 spiro atoms. The first-order valence-electron chi connectivity index (χ1n) is 6.08. The minimum absolute atomic E-state index is 0.578. The van der Waals surface area contributed by atoms with Crippen LogP contribution in [0.2, 0.25) is 0 Å². The van der Waals surface area contributed by atoms with E-state index in [-0.39, 0.29) is 0 Å². The first-order valence-corrected chi connectivity index (χ1v) is 6.08. The summed E-state index contributed by atoms with van der Waals surface area (Å²) < 4.78 is 0. The van der Waals surface area contributed by atoms with Crippen molar-refractivity contribution in [3.63, 3.8) is 0 Å². The summed E-state index contributed by atoms with van der Waals surface area (Å²) in [5.74, 6) is 0.803. The van der Waals surface area contributed by atoms with E-state index in [1.54, 1.807) is 12.1 Å². The van der Waals surface area contributed by atoms with Gasteiger partial charge in [-0.25, -0.2) is 0 Å². The molecule has 2 atom stereocenters. The Labute approximate surface area is 101 Å². The number of carbonyl (C=O) groups excluding carboxylic acids is 1. The van der Waals surface area contributed by atoms with Crippen molar-refractivity contribution in [3.8, 4) is 6.07 Å². The maximum absolute atomic E-state index is 10.7. The van der Waals surface area contributed by atoms with Crippen LogP contribution in [0.3, 0.4) is 0 Å². The van der Waals surface area contributed by atoms with Gasteiger partial charge in [0.1, 0.15) is 12.4 Å². The zero-order chi connectivity index (χ0) is 11.8. The summed E-state index contributed by atoms with van der Waals surface area (Å²) in [6.07, 6.45) is 4.63. The number of fused-ring (bicyclic) bond motifs is 2. The number of nitrogens with zero attached hydrogens (tertiary/aromatic N) is 2. The molecule has 86 valence electrons. The molecule has 1 aromatic rings. The monoisotopic (exact) mass is 226 g/mol. The standard InChI is InChI=1S/C14H14N2O/c15-7-12-5-11(9-17)2-4-14(12)16-8-10-1-3-13(16)6-10/h2,4-5,9-10,13H,1,3,6,8H2. The zero-order valence-electron chi connectivity index (χ0n) is 9.60. The van der Waals surface area contributed by atoms with Crippen LogP contribution >= 0.6 is 0 Å². The SMILES string of the molecule is N#Cc1cc(C=O)ccc1N1CC2CCC1C2. The van der Waals surface area contributed by atoms with Gasteiger partial charge in [-0.05, 0) is 43.4 Å². The highest BCUT2D eigenvalue weighted by Gasteiger charge is 2.38. The molecule has 1 saturated heterocycles. The minimum Gasteiger partial charge on any atom is -0.367 e. The van der Waals surface area contributed by atoms with E-state index < -0.39 is 0 Å². The van der Waals surface area contributed by atoms with Gasteiger partial charge in [0.15, 0.2) is 0 Å². The van der Waals surface area contributed by atoms with Crippen LogP contribution in [0.1, 0.15) is 35.2 Å². The number of benzene rings is 1. The van der Waals surface area contributed by atoms with Crippen LogP contribution in [0, 0.1) is 17.2 Å². The highest BCUT2D eigenvalue weighted by molar-refractivity contribution is 5.78. The maximum atomic E-state index is 10.7. The molecule has 1 aliphatic heterocycles. The predicted octanol–water partition coefficient (Wildman–Crippen LogP) is 2.36. The third kappa shape index (κ3) is 1.61. The van der Waals surface area contributed by atoms with Crippen molar-refractivity contribution < 1.29 is 4.79 Å². The van der Waals surface area contributed by atoms with Crippen molar-refractivity contribution >= 4 is 12.0 Å². The van der Waals surface area contributed by atoms with Gasteiger partial charge in [0.05, 0.1) is 11.3 Å². The highest BCUT2D eigenvalue weighted by Crippen LogP contribution is 2.41. The lowest BCUT2D eigenvalue weighted by Gasteiger charge is -2.29. The van der Waals surface area contributed by atoms with Crippen LogP contribution in [0.15, 0.2) is 18.2 Å². The summed E-state index contributed by atoms with van der Waals surface area (Å²) >= 11 is 0. The fourth-order valence-electron chi connectivity index (χ4n) is 3.19. The van der Waals surface area contributed by atoms with Crippen molar-refractivity contribution in [2.75, 3.05) is 11.4 Å².